The van der Waals surface area contributed by atoms with E-state index >= 15 is 0 Å². The zero-order chi connectivity index (χ0) is 12.3. The fraction of sp³-hybridized carbons (Fsp3) is 0.538. The number of nitrogens with zero attached hydrogens (tertiary/aromatic N) is 1. The van der Waals surface area contributed by atoms with Gasteiger partial charge in [0.1, 0.15) is 11.6 Å². The maximum absolute atomic E-state index is 13.4. The van der Waals surface area contributed by atoms with Crippen molar-refractivity contribution in [3.8, 4) is 0 Å². The summed E-state index contributed by atoms with van der Waals surface area (Å²) < 4.78 is 26.8. The summed E-state index contributed by atoms with van der Waals surface area (Å²) in [5.41, 5.74) is 0.145. The Bertz CT molecular complexity index is 353. The van der Waals surface area contributed by atoms with Gasteiger partial charge in [-0.15, -0.1) is 0 Å². The molecule has 94 valence electrons. The van der Waals surface area contributed by atoms with Gasteiger partial charge in [-0.25, -0.2) is 8.78 Å². The Morgan fingerprint density at radius 2 is 1.82 bits per heavy atom. The van der Waals surface area contributed by atoms with Crippen LogP contribution < -0.4 is 5.32 Å². The lowest BCUT2D eigenvalue weighted by Gasteiger charge is -2.29. The minimum absolute atomic E-state index is 0.145. The highest BCUT2D eigenvalue weighted by Gasteiger charge is 2.17. The number of hydrogen-bond acceptors (Lipinski definition) is 2. The molecule has 0 radical (unpaired) electrons. The zero-order valence-corrected chi connectivity index (χ0v) is 10.0. The van der Waals surface area contributed by atoms with Crippen molar-refractivity contribution in [3.05, 3.63) is 35.4 Å². The van der Waals surface area contributed by atoms with Crippen molar-refractivity contribution in [2.24, 2.45) is 0 Å². The second-order valence-corrected chi connectivity index (χ2v) is 4.66. The second kappa shape index (κ2) is 5.56. The number of halogens is 2. The Labute approximate surface area is 101 Å². The summed E-state index contributed by atoms with van der Waals surface area (Å²) in [7, 11) is 2.09. The van der Waals surface area contributed by atoms with Gasteiger partial charge in [0, 0.05) is 18.2 Å². The average Bonchev–Trinajstić information content (AvgIpc) is 2.31. The van der Waals surface area contributed by atoms with E-state index in [0.717, 1.165) is 25.9 Å². The van der Waals surface area contributed by atoms with E-state index in [1.54, 1.807) is 0 Å². The Morgan fingerprint density at radius 3 is 2.41 bits per heavy atom. The molecule has 2 nitrogen and oxygen atoms in total. The van der Waals surface area contributed by atoms with Crippen molar-refractivity contribution in [2.75, 3.05) is 20.1 Å². The van der Waals surface area contributed by atoms with Gasteiger partial charge in [0.2, 0.25) is 0 Å². The highest BCUT2D eigenvalue weighted by atomic mass is 19.1. The highest BCUT2D eigenvalue weighted by Crippen LogP contribution is 2.14. The van der Waals surface area contributed by atoms with Crippen molar-refractivity contribution in [1.29, 1.82) is 0 Å². The predicted molar refractivity (Wildman–Crippen MR) is 63.7 cm³/mol. The second-order valence-electron chi connectivity index (χ2n) is 4.66. The summed E-state index contributed by atoms with van der Waals surface area (Å²) in [5, 5.41) is 3.23. The lowest BCUT2D eigenvalue weighted by atomic mass is 10.0. The van der Waals surface area contributed by atoms with Gasteiger partial charge in [0.05, 0.1) is 0 Å². The Hall–Kier alpha value is -1.00. The minimum atomic E-state index is -0.467. The molecule has 1 aromatic carbocycles. The predicted octanol–water partition coefficient (Wildman–Crippen LogP) is 2.15. The van der Waals surface area contributed by atoms with Crippen LogP contribution in [0.4, 0.5) is 8.78 Å². The Kier molecular flexibility index (Phi) is 4.07. The molecule has 0 aliphatic carbocycles. The molecule has 0 spiro atoms. The molecule has 1 aliphatic heterocycles. The molecule has 0 aromatic heterocycles. The molecule has 1 heterocycles. The van der Waals surface area contributed by atoms with Crippen LogP contribution in [-0.2, 0) is 6.54 Å². The molecular weight excluding hydrogens is 222 g/mol. The van der Waals surface area contributed by atoms with Gasteiger partial charge in [-0.2, -0.15) is 0 Å². The lowest BCUT2D eigenvalue weighted by Crippen LogP contribution is -2.40. The standard InChI is InChI=1S/C13H18F2N2/c1-17-7-5-10(6-8-17)16-9-11-12(14)3-2-4-13(11)15/h2-4,10,16H,5-9H2,1H3. The fourth-order valence-corrected chi connectivity index (χ4v) is 2.16. The van der Waals surface area contributed by atoms with E-state index in [-0.39, 0.29) is 12.1 Å². The number of piperidine rings is 1. The molecule has 2 rings (SSSR count). The van der Waals surface area contributed by atoms with Gasteiger partial charge in [0.25, 0.3) is 0 Å². The summed E-state index contributed by atoms with van der Waals surface area (Å²) in [5.74, 6) is -0.934. The van der Waals surface area contributed by atoms with E-state index in [1.807, 2.05) is 0 Å². The van der Waals surface area contributed by atoms with Crippen LogP contribution in [0.3, 0.4) is 0 Å². The Balaban J connectivity index is 1.89. The van der Waals surface area contributed by atoms with Gasteiger partial charge < -0.3 is 10.2 Å². The van der Waals surface area contributed by atoms with Crippen molar-refractivity contribution >= 4 is 0 Å². The first-order chi connectivity index (χ1) is 8.16. The number of rotatable bonds is 3. The van der Waals surface area contributed by atoms with Gasteiger partial charge in [-0.3, -0.25) is 0 Å². The minimum Gasteiger partial charge on any atom is -0.310 e. The zero-order valence-electron chi connectivity index (χ0n) is 10.0. The average molecular weight is 240 g/mol. The SMILES string of the molecule is CN1CCC(NCc2c(F)cccc2F)CC1. The van der Waals surface area contributed by atoms with E-state index in [4.69, 9.17) is 0 Å². The van der Waals surface area contributed by atoms with Crippen LogP contribution in [0.2, 0.25) is 0 Å². The quantitative estimate of drug-likeness (QED) is 0.871. The first-order valence-electron chi connectivity index (χ1n) is 6.01. The summed E-state index contributed by atoms with van der Waals surface area (Å²) >= 11 is 0. The summed E-state index contributed by atoms with van der Waals surface area (Å²) in [6.45, 7) is 2.35. The van der Waals surface area contributed by atoms with Crippen molar-refractivity contribution < 1.29 is 8.78 Å². The maximum Gasteiger partial charge on any atom is 0.130 e. The summed E-state index contributed by atoms with van der Waals surface area (Å²) in [4.78, 5) is 2.27. The molecule has 0 atom stereocenters. The number of benzene rings is 1. The smallest absolute Gasteiger partial charge is 0.130 e. The lowest BCUT2D eigenvalue weighted by molar-refractivity contribution is 0.233. The van der Waals surface area contributed by atoms with E-state index < -0.39 is 11.6 Å². The molecule has 1 N–H and O–H groups in total. The van der Waals surface area contributed by atoms with E-state index in [9.17, 15) is 8.78 Å². The van der Waals surface area contributed by atoms with Gasteiger partial charge >= 0.3 is 0 Å². The van der Waals surface area contributed by atoms with Crippen molar-refractivity contribution in [1.82, 2.24) is 10.2 Å². The van der Waals surface area contributed by atoms with Crippen LogP contribution in [-0.4, -0.2) is 31.1 Å². The molecule has 0 saturated carbocycles. The monoisotopic (exact) mass is 240 g/mol. The highest BCUT2D eigenvalue weighted by molar-refractivity contribution is 5.19. The van der Waals surface area contributed by atoms with Crippen LogP contribution in [0.1, 0.15) is 18.4 Å². The molecule has 0 amide bonds. The van der Waals surface area contributed by atoms with Gasteiger partial charge in [-0.1, -0.05) is 6.07 Å². The number of hydrogen-bond donors (Lipinski definition) is 1. The maximum atomic E-state index is 13.4. The molecule has 1 aromatic rings. The molecule has 1 aliphatic rings. The molecule has 0 unspecified atom stereocenters. The van der Waals surface area contributed by atoms with Gasteiger partial charge in [-0.05, 0) is 45.1 Å². The third-order valence-corrected chi connectivity index (χ3v) is 3.35. The van der Waals surface area contributed by atoms with Gasteiger partial charge in [0.15, 0.2) is 0 Å². The van der Waals surface area contributed by atoms with Crippen LogP contribution >= 0.6 is 0 Å². The number of nitrogens with one attached hydrogen (secondary N) is 1. The van der Waals surface area contributed by atoms with Crippen LogP contribution in [0.25, 0.3) is 0 Å². The van der Waals surface area contributed by atoms with Crippen molar-refractivity contribution in [3.63, 3.8) is 0 Å². The molecule has 17 heavy (non-hydrogen) atoms. The summed E-state index contributed by atoms with van der Waals surface area (Å²) in [6, 6.07) is 4.36. The number of likely N-dealkylation sites (tertiary alicyclic amines) is 1. The molecule has 1 saturated heterocycles. The first-order valence-corrected chi connectivity index (χ1v) is 6.01. The molecular formula is C13H18F2N2. The molecule has 4 heteroatoms. The fourth-order valence-electron chi connectivity index (χ4n) is 2.16. The molecule has 1 fully saturated rings. The van der Waals surface area contributed by atoms with E-state index in [1.165, 1.54) is 18.2 Å². The third-order valence-electron chi connectivity index (χ3n) is 3.35. The summed E-state index contributed by atoms with van der Waals surface area (Å²) in [6.07, 6.45) is 2.07. The third kappa shape index (κ3) is 3.23. The Morgan fingerprint density at radius 1 is 1.24 bits per heavy atom. The largest absolute Gasteiger partial charge is 0.310 e. The van der Waals surface area contributed by atoms with Crippen LogP contribution in [0.15, 0.2) is 18.2 Å². The van der Waals surface area contributed by atoms with Crippen molar-refractivity contribution in [2.45, 2.75) is 25.4 Å². The topological polar surface area (TPSA) is 15.3 Å². The first kappa shape index (κ1) is 12.5. The normalized spacial score (nSPS) is 18.5. The van der Waals surface area contributed by atoms with E-state index in [2.05, 4.69) is 17.3 Å². The molecule has 0 bridgehead atoms. The van der Waals surface area contributed by atoms with E-state index in [0.29, 0.717) is 6.04 Å². The van der Waals surface area contributed by atoms with Crippen LogP contribution in [0, 0.1) is 11.6 Å². The van der Waals surface area contributed by atoms with Crippen LogP contribution in [0.5, 0.6) is 0 Å².